The molecule has 0 bridgehead atoms. The first-order valence-corrected chi connectivity index (χ1v) is 7.18. The molecule has 2 aromatic rings. The van der Waals surface area contributed by atoms with Crippen molar-refractivity contribution in [3.63, 3.8) is 0 Å². The fourth-order valence-electron chi connectivity index (χ4n) is 1.96. The van der Waals surface area contributed by atoms with Gasteiger partial charge in [-0.2, -0.15) is 0 Å². The number of aromatic nitrogens is 1. The Hall–Kier alpha value is -1.91. The molecule has 0 aliphatic heterocycles. The van der Waals surface area contributed by atoms with Crippen LogP contribution in [0.25, 0.3) is 0 Å². The van der Waals surface area contributed by atoms with Crippen LogP contribution < -0.4 is 10.1 Å². The molecular weight excluding hydrogens is 264 g/mol. The second kappa shape index (κ2) is 7.20. The molecule has 0 radical (unpaired) electrons. The highest BCUT2D eigenvalue weighted by molar-refractivity contribution is 5.23. The summed E-state index contributed by atoms with van der Waals surface area (Å²) in [4.78, 5) is 4.32. The maximum absolute atomic E-state index is 10.5. The lowest BCUT2D eigenvalue weighted by atomic mass is 9.97. The minimum Gasteiger partial charge on any atom is -0.489 e. The van der Waals surface area contributed by atoms with E-state index in [1.165, 1.54) is 0 Å². The van der Waals surface area contributed by atoms with Crippen LogP contribution in [0, 0.1) is 0 Å². The monoisotopic (exact) mass is 286 g/mol. The smallest absolute Gasteiger partial charge is 0.137 e. The third-order valence-electron chi connectivity index (χ3n) is 3.27. The zero-order valence-electron chi connectivity index (χ0n) is 12.5. The minimum atomic E-state index is -1.02. The molecule has 0 fully saturated rings. The van der Waals surface area contributed by atoms with E-state index in [0.29, 0.717) is 5.75 Å². The number of nitrogens with one attached hydrogen (secondary N) is 1. The lowest BCUT2D eigenvalue weighted by molar-refractivity contribution is 0.00748. The largest absolute Gasteiger partial charge is 0.489 e. The number of aliphatic hydroxyl groups is 1. The van der Waals surface area contributed by atoms with E-state index >= 15 is 0 Å². The Morgan fingerprint density at radius 1 is 1.19 bits per heavy atom. The molecule has 4 nitrogen and oxygen atoms in total. The predicted octanol–water partition coefficient (Wildman–Crippen LogP) is 2.48. The fourth-order valence-corrected chi connectivity index (χ4v) is 1.96. The van der Waals surface area contributed by atoms with Gasteiger partial charge in [0.25, 0.3) is 0 Å². The zero-order valence-corrected chi connectivity index (χ0v) is 12.5. The van der Waals surface area contributed by atoms with Crippen molar-refractivity contribution in [3.8, 4) is 5.75 Å². The van der Waals surface area contributed by atoms with E-state index < -0.39 is 5.60 Å². The minimum absolute atomic E-state index is 0.186. The number of hydrogen-bond donors (Lipinski definition) is 2. The van der Waals surface area contributed by atoms with Gasteiger partial charge in [-0.15, -0.1) is 0 Å². The van der Waals surface area contributed by atoms with Gasteiger partial charge < -0.3 is 15.2 Å². The van der Waals surface area contributed by atoms with E-state index in [0.717, 1.165) is 24.3 Å². The quantitative estimate of drug-likeness (QED) is 0.821. The van der Waals surface area contributed by atoms with Gasteiger partial charge in [0.05, 0.1) is 11.9 Å². The molecule has 4 heteroatoms. The van der Waals surface area contributed by atoms with Crippen LogP contribution in [-0.4, -0.2) is 23.2 Å². The summed E-state index contributed by atoms with van der Waals surface area (Å²) in [6, 6.07) is 13.3. The molecule has 21 heavy (non-hydrogen) atoms. The lowest BCUT2D eigenvalue weighted by Gasteiger charge is -2.23. The van der Waals surface area contributed by atoms with Gasteiger partial charge in [0.1, 0.15) is 18.0 Å². The third kappa shape index (κ3) is 4.55. The number of nitrogens with zero attached hydrogens (tertiary/aromatic N) is 1. The van der Waals surface area contributed by atoms with Crippen molar-refractivity contribution >= 4 is 0 Å². The molecular formula is C17H22N2O2. The summed E-state index contributed by atoms with van der Waals surface area (Å²) in [6.07, 6.45) is 1.69. The summed E-state index contributed by atoms with van der Waals surface area (Å²) in [5.74, 6) is 0.659. The van der Waals surface area contributed by atoms with E-state index in [2.05, 4.69) is 17.2 Å². The molecule has 0 spiro atoms. The van der Waals surface area contributed by atoms with Gasteiger partial charge in [0.15, 0.2) is 0 Å². The van der Waals surface area contributed by atoms with Gasteiger partial charge in [-0.25, -0.2) is 0 Å². The molecule has 0 aliphatic carbocycles. The standard InChI is InChI=1S/C17H22N2O2/c1-3-18-11-15-9-10-16(12-19-15)21-13-17(2,20)14-7-5-4-6-8-14/h4-10,12,18,20H,3,11,13H2,1-2H3. The van der Waals surface area contributed by atoms with Gasteiger partial charge >= 0.3 is 0 Å². The number of ether oxygens (including phenoxy) is 1. The Morgan fingerprint density at radius 3 is 2.57 bits per heavy atom. The van der Waals surface area contributed by atoms with E-state index in [9.17, 15) is 5.11 Å². The van der Waals surface area contributed by atoms with Crippen LogP contribution in [0.3, 0.4) is 0 Å². The van der Waals surface area contributed by atoms with Crippen molar-refractivity contribution in [2.45, 2.75) is 26.0 Å². The number of pyridine rings is 1. The average Bonchev–Trinajstić information content (AvgIpc) is 2.53. The molecule has 1 unspecified atom stereocenters. The predicted molar refractivity (Wildman–Crippen MR) is 83.1 cm³/mol. The molecule has 1 atom stereocenters. The first-order chi connectivity index (χ1) is 10.1. The SMILES string of the molecule is CCNCc1ccc(OCC(C)(O)c2ccccc2)cn1. The lowest BCUT2D eigenvalue weighted by Crippen LogP contribution is -2.29. The van der Waals surface area contributed by atoms with E-state index in [4.69, 9.17) is 4.74 Å². The number of rotatable bonds is 7. The molecule has 0 amide bonds. The summed E-state index contributed by atoms with van der Waals surface area (Å²) in [6.45, 7) is 5.65. The molecule has 0 saturated carbocycles. The van der Waals surface area contributed by atoms with Gasteiger partial charge in [0.2, 0.25) is 0 Å². The maximum Gasteiger partial charge on any atom is 0.137 e. The Morgan fingerprint density at radius 2 is 1.95 bits per heavy atom. The molecule has 112 valence electrons. The highest BCUT2D eigenvalue weighted by Crippen LogP contribution is 2.21. The maximum atomic E-state index is 10.5. The van der Waals surface area contributed by atoms with Crippen molar-refractivity contribution in [2.24, 2.45) is 0 Å². The molecule has 0 aliphatic rings. The van der Waals surface area contributed by atoms with Crippen molar-refractivity contribution < 1.29 is 9.84 Å². The third-order valence-corrected chi connectivity index (χ3v) is 3.27. The van der Waals surface area contributed by atoms with Gasteiger partial charge in [0, 0.05) is 6.54 Å². The van der Waals surface area contributed by atoms with Crippen LogP contribution >= 0.6 is 0 Å². The fraction of sp³-hybridized carbons (Fsp3) is 0.353. The van der Waals surface area contributed by atoms with Crippen molar-refractivity contribution in [3.05, 3.63) is 59.9 Å². The van der Waals surface area contributed by atoms with Crippen molar-refractivity contribution in [1.82, 2.24) is 10.3 Å². The Balaban J connectivity index is 1.93. The van der Waals surface area contributed by atoms with Gasteiger partial charge in [-0.1, -0.05) is 37.3 Å². The van der Waals surface area contributed by atoms with Crippen LogP contribution in [0.4, 0.5) is 0 Å². The van der Waals surface area contributed by atoms with Crippen molar-refractivity contribution in [2.75, 3.05) is 13.2 Å². The summed E-state index contributed by atoms with van der Waals surface area (Å²) in [5.41, 5.74) is 0.782. The summed E-state index contributed by atoms with van der Waals surface area (Å²) < 4.78 is 5.65. The Labute approximate surface area is 125 Å². The van der Waals surface area contributed by atoms with Crippen molar-refractivity contribution in [1.29, 1.82) is 0 Å². The number of hydrogen-bond acceptors (Lipinski definition) is 4. The topological polar surface area (TPSA) is 54.4 Å². The molecule has 1 heterocycles. The average molecular weight is 286 g/mol. The highest BCUT2D eigenvalue weighted by atomic mass is 16.5. The van der Waals surface area contributed by atoms with Gasteiger partial charge in [-0.3, -0.25) is 4.98 Å². The Kier molecular flexibility index (Phi) is 5.31. The first-order valence-electron chi connectivity index (χ1n) is 7.18. The summed E-state index contributed by atoms with van der Waals surface area (Å²) in [7, 11) is 0. The Bertz CT molecular complexity index is 538. The van der Waals surface area contributed by atoms with Crippen LogP contribution in [0.5, 0.6) is 5.75 Å². The van der Waals surface area contributed by atoms with Crippen LogP contribution in [0.1, 0.15) is 25.1 Å². The van der Waals surface area contributed by atoms with E-state index in [1.54, 1.807) is 13.1 Å². The van der Waals surface area contributed by atoms with Gasteiger partial charge in [-0.05, 0) is 31.2 Å². The highest BCUT2D eigenvalue weighted by Gasteiger charge is 2.23. The van der Waals surface area contributed by atoms with E-state index in [-0.39, 0.29) is 6.61 Å². The van der Waals surface area contributed by atoms with Crippen LogP contribution in [0.15, 0.2) is 48.7 Å². The summed E-state index contributed by atoms with van der Waals surface area (Å²) >= 11 is 0. The van der Waals surface area contributed by atoms with Crippen LogP contribution in [0.2, 0.25) is 0 Å². The molecule has 1 aromatic heterocycles. The number of benzene rings is 1. The van der Waals surface area contributed by atoms with E-state index in [1.807, 2.05) is 42.5 Å². The second-order valence-electron chi connectivity index (χ2n) is 5.19. The molecule has 2 N–H and O–H groups in total. The molecule has 2 rings (SSSR count). The first kappa shape index (κ1) is 15.5. The van der Waals surface area contributed by atoms with Crippen LogP contribution in [-0.2, 0) is 12.1 Å². The zero-order chi connectivity index (χ0) is 15.1. The second-order valence-corrected chi connectivity index (χ2v) is 5.19. The summed E-state index contributed by atoms with van der Waals surface area (Å²) in [5, 5.41) is 13.7. The normalized spacial score (nSPS) is 13.7. The molecule has 1 aromatic carbocycles. The molecule has 0 saturated heterocycles.